The van der Waals surface area contributed by atoms with Crippen molar-refractivity contribution >= 4 is 12.0 Å². The second-order valence-electron chi connectivity index (χ2n) is 4.15. The van der Waals surface area contributed by atoms with Crippen LogP contribution < -0.4 is 0 Å². The minimum atomic E-state index is -1.33. The van der Waals surface area contributed by atoms with Gasteiger partial charge in [0.1, 0.15) is 11.9 Å². The van der Waals surface area contributed by atoms with Crippen LogP contribution in [0.5, 0.6) is 0 Å². The van der Waals surface area contributed by atoms with Gasteiger partial charge >= 0.3 is 5.97 Å². The van der Waals surface area contributed by atoms with E-state index in [9.17, 15) is 19.4 Å². The highest BCUT2D eigenvalue weighted by atomic mass is 19.1. The van der Waals surface area contributed by atoms with Crippen LogP contribution in [0.4, 0.5) is 4.39 Å². The fourth-order valence-electron chi connectivity index (χ4n) is 1.75. The monoisotopic (exact) mass is 273 g/mol. The van der Waals surface area contributed by atoms with Crippen LogP contribution in [0, 0.1) is 5.82 Å². The molecule has 2 aromatic rings. The number of hydrogen-bond acceptors (Lipinski definition) is 3. The molecular weight excluding hydrogens is 261 g/mol. The van der Waals surface area contributed by atoms with Crippen LogP contribution in [-0.4, -0.2) is 21.2 Å². The summed E-state index contributed by atoms with van der Waals surface area (Å²) >= 11 is 0. The molecule has 0 amide bonds. The molecule has 102 valence electrons. The lowest BCUT2D eigenvalue weighted by atomic mass is 10.0. The Morgan fingerprint density at radius 3 is 2.70 bits per heavy atom. The first kappa shape index (κ1) is 13.9. The molecule has 0 bridgehead atoms. The number of hydrogen-bond donors (Lipinski definition) is 2. The number of aliphatic hydroxyl groups excluding tert-OH is 1. The molecule has 0 aliphatic rings. The third kappa shape index (κ3) is 3.27. The fourth-order valence-corrected chi connectivity index (χ4v) is 1.75. The van der Waals surface area contributed by atoms with Crippen molar-refractivity contribution in [3.63, 3.8) is 0 Å². The number of benzene rings is 1. The zero-order valence-corrected chi connectivity index (χ0v) is 10.4. The lowest BCUT2D eigenvalue weighted by Crippen LogP contribution is -2.11. The van der Waals surface area contributed by atoms with E-state index in [1.165, 1.54) is 36.7 Å². The maximum absolute atomic E-state index is 13.1. The number of aliphatic carboxylic acids is 1. The van der Waals surface area contributed by atoms with Crippen molar-refractivity contribution in [1.29, 1.82) is 0 Å². The molecule has 1 aromatic heterocycles. The molecule has 20 heavy (non-hydrogen) atoms. The lowest BCUT2D eigenvalue weighted by Gasteiger charge is -2.11. The van der Waals surface area contributed by atoms with E-state index in [4.69, 9.17) is 0 Å². The Labute approximate surface area is 114 Å². The van der Waals surface area contributed by atoms with E-state index in [0.717, 1.165) is 0 Å². The van der Waals surface area contributed by atoms with E-state index in [-0.39, 0.29) is 5.57 Å². The molecule has 0 saturated heterocycles. The number of pyridine rings is 1. The van der Waals surface area contributed by atoms with Gasteiger partial charge in [-0.05, 0) is 29.8 Å². The predicted molar refractivity (Wildman–Crippen MR) is 71.2 cm³/mol. The number of aromatic nitrogens is 1. The third-order valence-corrected chi connectivity index (χ3v) is 2.71. The molecule has 1 heterocycles. The Balaban J connectivity index is 2.39. The summed E-state index contributed by atoms with van der Waals surface area (Å²) in [6.45, 7) is 0. The fraction of sp³-hybridized carbons (Fsp3) is 0.0667. The van der Waals surface area contributed by atoms with Gasteiger partial charge in [0.2, 0.25) is 0 Å². The second kappa shape index (κ2) is 6.08. The third-order valence-electron chi connectivity index (χ3n) is 2.71. The number of rotatable bonds is 4. The molecule has 1 unspecified atom stereocenters. The van der Waals surface area contributed by atoms with Gasteiger partial charge in [-0.2, -0.15) is 0 Å². The van der Waals surface area contributed by atoms with Crippen molar-refractivity contribution < 1.29 is 19.4 Å². The minimum absolute atomic E-state index is 0.247. The molecule has 5 heteroatoms. The standard InChI is InChI=1S/C15H12FNO3/c16-12-5-1-3-10(7-12)8-13(15(19)20)14(18)11-4-2-6-17-9-11/h1-9,14,18H,(H,19,20). The summed E-state index contributed by atoms with van der Waals surface area (Å²) in [4.78, 5) is 15.1. The van der Waals surface area contributed by atoms with Gasteiger partial charge in [-0.3, -0.25) is 4.98 Å². The van der Waals surface area contributed by atoms with Gasteiger partial charge < -0.3 is 10.2 Å². The summed E-state index contributed by atoms with van der Waals surface area (Å²) in [7, 11) is 0. The molecule has 0 fully saturated rings. The molecular formula is C15H12FNO3. The van der Waals surface area contributed by atoms with Gasteiger partial charge in [-0.15, -0.1) is 0 Å². The van der Waals surface area contributed by atoms with Gasteiger partial charge in [0, 0.05) is 18.0 Å². The summed E-state index contributed by atoms with van der Waals surface area (Å²) in [5, 5.41) is 19.3. The van der Waals surface area contributed by atoms with Gasteiger partial charge in [0.25, 0.3) is 0 Å². The van der Waals surface area contributed by atoms with Crippen LogP contribution in [0.3, 0.4) is 0 Å². The maximum Gasteiger partial charge on any atom is 0.334 e. The summed E-state index contributed by atoms with van der Waals surface area (Å²) in [6, 6.07) is 8.65. The van der Waals surface area contributed by atoms with Crippen LogP contribution in [0.1, 0.15) is 17.2 Å². The van der Waals surface area contributed by atoms with E-state index in [2.05, 4.69) is 4.98 Å². The average molecular weight is 273 g/mol. The highest BCUT2D eigenvalue weighted by Crippen LogP contribution is 2.23. The van der Waals surface area contributed by atoms with Crippen molar-refractivity contribution in [1.82, 2.24) is 4.98 Å². The molecule has 0 spiro atoms. The topological polar surface area (TPSA) is 70.4 Å². The lowest BCUT2D eigenvalue weighted by molar-refractivity contribution is -0.133. The highest BCUT2D eigenvalue weighted by Gasteiger charge is 2.20. The highest BCUT2D eigenvalue weighted by molar-refractivity contribution is 5.93. The molecule has 1 atom stereocenters. The summed E-state index contributed by atoms with van der Waals surface area (Å²) in [5.41, 5.74) is 0.478. The quantitative estimate of drug-likeness (QED) is 0.839. The Morgan fingerprint density at radius 2 is 2.10 bits per heavy atom. The number of carbonyl (C=O) groups is 1. The normalized spacial score (nSPS) is 13.0. The second-order valence-corrected chi connectivity index (χ2v) is 4.15. The van der Waals surface area contributed by atoms with Crippen molar-refractivity contribution in [2.75, 3.05) is 0 Å². The molecule has 0 radical (unpaired) electrons. The molecule has 2 rings (SSSR count). The number of carboxylic acids is 1. The van der Waals surface area contributed by atoms with Crippen molar-refractivity contribution in [2.45, 2.75) is 6.10 Å². The van der Waals surface area contributed by atoms with Crippen LogP contribution in [0.2, 0.25) is 0 Å². The molecule has 4 nitrogen and oxygen atoms in total. The van der Waals surface area contributed by atoms with Gasteiger partial charge in [0.15, 0.2) is 0 Å². The molecule has 0 saturated carbocycles. The average Bonchev–Trinajstić information content (AvgIpc) is 2.45. The van der Waals surface area contributed by atoms with Crippen LogP contribution in [0.15, 0.2) is 54.4 Å². The first-order valence-electron chi connectivity index (χ1n) is 5.86. The van der Waals surface area contributed by atoms with E-state index in [1.807, 2.05) is 0 Å². The smallest absolute Gasteiger partial charge is 0.334 e. The first-order chi connectivity index (χ1) is 9.58. The van der Waals surface area contributed by atoms with Gasteiger partial charge in [-0.25, -0.2) is 9.18 Å². The number of carboxylic acid groups (broad SMARTS) is 1. The number of aliphatic hydroxyl groups is 1. The van der Waals surface area contributed by atoms with Crippen LogP contribution >= 0.6 is 0 Å². The van der Waals surface area contributed by atoms with Crippen molar-refractivity contribution in [3.05, 3.63) is 71.3 Å². The zero-order valence-electron chi connectivity index (χ0n) is 10.4. The number of halogens is 1. The van der Waals surface area contributed by atoms with E-state index in [1.54, 1.807) is 18.2 Å². The molecule has 2 N–H and O–H groups in total. The molecule has 0 aliphatic heterocycles. The predicted octanol–water partition coefficient (Wildman–Crippen LogP) is 2.42. The zero-order chi connectivity index (χ0) is 14.5. The van der Waals surface area contributed by atoms with Crippen LogP contribution in [-0.2, 0) is 4.79 Å². The SMILES string of the molecule is O=C(O)C(=Cc1cccc(F)c1)C(O)c1cccnc1. The molecule has 0 aliphatic carbocycles. The van der Waals surface area contributed by atoms with E-state index < -0.39 is 17.9 Å². The summed E-state index contributed by atoms with van der Waals surface area (Å²) < 4.78 is 13.1. The van der Waals surface area contributed by atoms with Crippen molar-refractivity contribution in [3.8, 4) is 0 Å². The first-order valence-corrected chi connectivity index (χ1v) is 5.86. The Bertz CT molecular complexity index is 641. The van der Waals surface area contributed by atoms with E-state index in [0.29, 0.717) is 11.1 Å². The largest absolute Gasteiger partial charge is 0.478 e. The maximum atomic E-state index is 13.1. The Kier molecular flexibility index (Phi) is 4.22. The summed E-state index contributed by atoms with van der Waals surface area (Å²) in [6.07, 6.45) is 2.81. The Hall–Kier alpha value is -2.53. The van der Waals surface area contributed by atoms with Crippen molar-refractivity contribution in [2.24, 2.45) is 0 Å². The Morgan fingerprint density at radius 1 is 1.30 bits per heavy atom. The van der Waals surface area contributed by atoms with Crippen LogP contribution in [0.25, 0.3) is 6.08 Å². The van der Waals surface area contributed by atoms with Gasteiger partial charge in [-0.1, -0.05) is 18.2 Å². The number of nitrogens with zero attached hydrogens (tertiary/aromatic N) is 1. The van der Waals surface area contributed by atoms with E-state index >= 15 is 0 Å². The molecule has 1 aromatic carbocycles. The van der Waals surface area contributed by atoms with Gasteiger partial charge in [0.05, 0.1) is 5.57 Å². The summed E-state index contributed by atoms with van der Waals surface area (Å²) in [5.74, 6) is -1.75. The minimum Gasteiger partial charge on any atom is -0.478 e.